The molecule has 1 unspecified atom stereocenters. The highest BCUT2D eigenvalue weighted by atomic mass is 35.5. The summed E-state index contributed by atoms with van der Waals surface area (Å²) in [5.74, 6) is 0.918. The molecule has 0 amide bonds. The van der Waals surface area contributed by atoms with E-state index in [9.17, 15) is 0 Å². The van der Waals surface area contributed by atoms with Gasteiger partial charge in [-0.3, -0.25) is 0 Å². The van der Waals surface area contributed by atoms with Crippen LogP contribution in [-0.4, -0.2) is 16.1 Å². The quantitative estimate of drug-likeness (QED) is 0.932. The lowest BCUT2D eigenvalue weighted by molar-refractivity contribution is 0.577. The number of benzene rings is 1. The molecule has 1 atom stereocenters. The molecule has 1 heterocycles. The van der Waals surface area contributed by atoms with Gasteiger partial charge in [0.15, 0.2) is 0 Å². The van der Waals surface area contributed by atoms with Crippen molar-refractivity contribution < 1.29 is 0 Å². The Bertz CT molecular complexity index is 537. The first-order chi connectivity index (χ1) is 8.65. The van der Waals surface area contributed by atoms with Gasteiger partial charge in [-0.1, -0.05) is 42.3 Å². The number of aryl methyl sites for hydroxylation is 1. The Morgan fingerprint density at radius 3 is 2.78 bits per heavy atom. The molecule has 0 saturated carbocycles. The lowest BCUT2D eigenvalue weighted by Gasteiger charge is -2.19. The first kappa shape index (κ1) is 13.4. The molecule has 3 nitrogen and oxygen atoms in total. The molecule has 0 spiro atoms. The molecule has 0 radical (unpaired) electrons. The second-order valence-corrected chi connectivity index (χ2v) is 4.82. The highest BCUT2D eigenvalue weighted by Gasteiger charge is 2.20. The summed E-state index contributed by atoms with van der Waals surface area (Å²) in [7, 11) is 1.96. The van der Waals surface area contributed by atoms with Crippen molar-refractivity contribution in [2.24, 2.45) is 7.05 Å². The number of nitrogens with one attached hydrogen (secondary N) is 1. The zero-order valence-electron chi connectivity index (χ0n) is 10.3. The van der Waals surface area contributed by atoms with Crippen LogP contribution in [0.5, 0.6) is 0 Å². The molecular formula is C13H15Cl2N3. The smallest absolute Gasteiger partial charge is 0.130 e. The normalized spacial score (nSPS) is 12.7. The fraction of sp³-hybridized carbons (Fsp3) is 0.308. The highest BCUT2D eigenvalue weighted by Crippen LogP contribution is 2.32. The van der Waals surface area contributed by atoms with E-state index in [-0.39, 0.29) is 6.04 Å². The van der Waals surface area contributed by atoms with Gasteiger partial charge in [-0.15, -0.1) is 0 Å². The average Bonchev–Trinajstić information content (AvgIpc) is 2.76. The van der Waals surface area contributed by atoms with Crippen molar-refractivity contribution >= 4 is 23.2 Å². The Morgan fingerprint density at radius 2 is 2.17 bits per heavy atom. The molecule has 96 valence electrons. The standard InChI is InChI=1S/C13H15Cl2N3/c1-3-16-12(13-17-7-8-18(13)2)9-5-4-6-10(14)11(9)15/h4-8,12,16H,3H2,1-2H3. The van der Waals surface area contributed by atoms with Crippen LogP contribution in [0.15, 0.2) is 30.6 Å². The van der Waals surface area contributed by atoms with Gasteiger partial charge in [-0.05, 0) is 18.2 Å². The van der Waals surface area contributed by atoms with E-state index >= 15 is 0 Å². The monoisotopic (exact) mass is 283 g/mol. The highest BCUT2D eigenvalue weighted by molar-refractivity contribution is 6.42. The Kier molecular flexibility index (Phi) is 4.27. The Hall–Kier alpha value is -1.03. The largest absolute Gasteiger partial charge is 0.336 e. The minimum Gasteiger partial charge on any atom is -0.336 e. The molecule has 1 aromatic heterocycles. The molecule has 0 saturated heterocycles. The van der Waals surface area contributed by atoms with Gasteiger partial charge >= 0.3 is 0 Å². The molecule has 0 aliphatic heterocycles. The fourth-order valence-electron chi connectivity index (χ4n) is 1.94. The summed E-state index contributed by atoms with van der Waals surface area (Å²) in [5.41, 5.74) is 0.945. The van der Waals surface area contributed by atoms with Crippen LogP contribution >= 0.6 is 23.2 Å². The van der Waals surface area contributed by atoms with E-state index < -0.39 is 0 Å². The molecule has 18 heavy (non-hydrogen) atoms. The summed E-state index contributed by atoms with van der Waals surface area (Å²) in [5, 5.41) is 4.52. The van der Waals surface area contributed by atoms with Crippen molar-refractivity contribution in [1.82, 2.24) is 14.9 Å². The van der Waals surface area contributed by atoms with Crippen LogP contribution in [-0.2, 0) is 7.05 Å². The van der Waals surface area contributed by atoms with E-state index in [1.54, 1.807) is 12.3 Å². The van der Waals surface area contributed by atoms with Gasteiger partial charge in [0.2, 0.25) is 0 Å². The number of imidazole rings is 1. The maximum absolute atomic E-state index is 6.28. The Labute approximate surface area is 117 Å². The third kappa shape index (κ3) is 2.53. The minimum absolute atomic E-state index is 0.0544. The van der Waals surface area contributed by atoms with E-state index in [0.717, 1.165) is 17.9 Å². The molecule has 2 rings (SSSR count). The summed E-state index contributed by atoms with van der Waals surface area (Å²) in [6, 6.07) is 5.60. The van der Waals surface area contributed by atoms with E-state index in [4.69, 9.17) is 23.2 Å². The van der Waals surface area contributed by atoms with Gasteiger partial charge in [-0.2, -0.15) is 0 Å². The summed E-state index contributed by atoms with van der Waals surface area (Å²) >= 11 is 12.4. The maximum atomic E-state index is 6.28. The van der Waals surface area contributed by atoms with Gasteiger partial charge in [0.05, 0.1) is 16.1 Å². The number of halogens is 2. The van der Waals surface area contributed by atoms with Crippen molar-refractivity contribution in [3.05, 3.63) is 52.0 Å². The molecule has 0 aliphatic rings. The van der Waals surface area contributed by atoms with Gasteiger partial charge < -0.3 is 9.88 Å². The Morgan fingerprint density at radius 1 is 1.39 bits per heavy atom. The van der Waals surface area contributed by atoms with Crippen LogP contribution in [0.4, 0.5) is 0 Å². The van der Waals surface area contributed by atoms with Crippen molar-refractivity contribution in [2.45, 2.75) is 13.0 Å². The lowest BCUT2D eigenvalue weighted by atomic mass is 10.1. The molecular weight excluding hydrogens is 269 g/mol. The third-order valence-corrected chi connectivity index (χ3v) is 3.65. The molecule has 0 aliphatic carbocycles. The van der Waals surface area contributed by atoms with Crippen LogP contribution < -0.4 is 5.32 Å². The molecule has 2 aromatic rings. The summed E-state index contributed by atoms with van der Waals surface area (Å²) < 4.78 is 1.98. The summed E-state index contributed by atoms with van der Waals surface area (Å²) in [4.78, 5) is 4.38. The molecule has 0 bridgehead atoms. The van der Waals surface area contributed by atoms with Crippen molar-refractivity contribution in [3.8, 4) is 0 Å². The number of rotatable bonds is 4. The molecule has 0 fully saturated rings. The summed E-state index contributed by atoms with van der Waals surface area (Å²) in [6.45, 7) is 2.87. The van der Waals surface area contributed by atoms with E-state index in [2.05, 4.69) is 10.3 Å². The number of aromatic nitrogens is 2. The second-order valence-electron chi connectivity index (χ2n) is 4.03. The topological polar surface area (TPSA) is 29.9 Å². The third-order valence-electron chi connectivity index (χ3n) is 2.82. The van der Waals surface area contributed by atoms with Crippen LogP contribution in [0.3, 0.4) is 0 Å². The predicted octanol–water partition coefficient (Wildman–Crippen LogP) is 3.43. The first-order valence-electron chi connectivity index (χ1n) is 5.79. The lowest BCUT2D eigenvalue weighted by Crippen LogP contribution is -2.25. The van der Waals surface area contributed by atoms with Crippen LogP contribution in [0, 0.1) is 0 Å². The van der Waals surface area contributed by atoms with Gasteiger partial charge in [0.25, 0.3) is 0 Å². The van der Waals surface area contributed by atoms with Crippen molar-refractivity contribution in [1.29, 1.82) is 0 Å². The summed E-state index contributed by atoms with van der Waals surface area (Å²) in [6.07, 6.45) is 3.69. The zero-order chi connectivity index (χ0) is 13.1. The fourth-order valence-corrected chi connectivity index (χ4v) is 2.36. The van der Waals surface area contributed by atoms with Gasteiger partial charge in [0.1, 0.15) is 5.82 Å². The van der Waals surface area contributed by atoms with Crippen molar-refractivity contribution in [3.63, 3.8) is 0 Å². The van der Waals surface area contributed by atoms with Gasteiger partial charge in [0, 0.05) is 19.4 Å². The number of hydrogen-bond acceptors (Lipinski definition) is 2. The van der Waals surface area contributed by atoms with E-state index in [0.29, 0.717) is 10.0 Å². The molecule has 1 aromatic carbocycles. The van der Waals surface area contributed by atoms with Crippen LogP contribution in [0.25, 0.3) is 0 Å². The second kappa shape index (κ2) is 5.74. The predicted molar refractivity (Wildman–Crippen MR) is 75.2 cm³/mol. The molecule has 5 heteroatoms. The van der Waals surface area contributed by atoms with Gasteiger partial charge in [-0.25, -0.2) is 4.98 Å². The zero-order valence-corrected chi connectivity index (χ0v) is 11.8. The minimum atomic E-state index is -0.0544. The maximum Gasteiger partial charge on any atom is 0.130 e. The Balaban J connectivity index is 2.48. The average molecular weight is 284 g/mol. The number of hydrogen-bond donors (Lipinski definition) is 1. The van der Waals surface area contributed by atoms with E-state index in [1.807, 2.05) is 36.9 Å². The van der Waals surface area contributed by atoms with Crippen LogP contribution in [0.2, 0.25) is 10.0 Å². The SMILES string of the molecule is CCNC(c1cccc(Cl)c1Cl)c1nccn1C. The van der Waals surface area contributed by atoms with Crippen molar-refractivity contribution in [2.75, 3.05) is 6.54 Å². The van der Waals surface area contributed by atoms with E-state index in [1.165, 1.54) is 0 Å². The first-order valence-corrected chi connectivity index (χ1v) is 6.55. The number of nitrogens with zero attached hydrogens (tertiary/aromatic N) is 2. The molecule has 1 N–H and O–H groups in total. The van der Waals surface area contributed by atoms with Crippen LogP contribution in [0.1, 0.15) is 24.4 Å².